The Hall–Kier alpha value is -1.33. The smallest absolute Gasteiger partial charge is 0.224 e. The van der Waals surface area contributed by atoms with Crippen LogP contribution in [0.2, 0.25) is 5.28 Å². The summed E-state index contributed by atoms with van der Waals surface area (Å²) in [5.74, 6) is 0.570. The molecule has 4 nitrogen and oxygen atoms in total. The second-order valence-electron chi connectivity index (χ2n) is 3.32. The van der Waals surface area contributed by atoms with E-state index in [1.54, 1.807) is 11.3 Å². The van der Waals surface area contributed by atoms with Gasteiger partial charge < -0.3 is 11.1 Å². The molecule has 84 valence electrons. The van der Waals surface area contributed by atoms with E-state index in [0.29, 0.717) is 11.5 Å². The Kier molecular flexibility index (Phi) is 3.26. The lowest BCUT2D eigenvalue weighted by atomic mass is 10.3. The summed E-state index contributed by atoms with van der Waals surface area (Å²) in [5, 5.41) is 5.42. The van der Waals surface area contributed by atoms with Crippen LogP contribution in [0.1, 0.15) is 17.8 Å². The highest BCUT2D eigenvalue weighted by molar-refractivity contribution is 7.10. The zero-order valence-corrected chi connectivity index (χ0v) is 10.2. The number of nitrogen functional groups attached to an aromatic ring is 1. The number of nitrogens with one attached hydrogen (secondary N) is 1. The van der Waals surface area contributed by atoms with E-state index in [0.717, 1.165) is 0 Å². The number of thiophene rings is 1. The van der Waals surface area contributed by atoms with Gasteiger partial charge in [-0.3, -0.25) is 0 Å². The van der Waals surface area contributed by atoms with Crippen molar-refractivity contribution in [2.45, 2.75) is 13.0 Å². The molecule has 0 bridgehead atoms. The monoisotopic (exact) mass is 254 g/mol. The Balaban J connectivity index is 2.17. The third-order valence-electron chi connectivity index (χ3n) is 2.11. The number of halogens is 1. The van der Waals surface area contributed by atoms with Crippen LogP contribution in [0.15, 0.2) is 23.7 Å². The normalized spacial score (nSPS) is 12.4. The molecule has 16 heavy (non-hydrogen) atoms. The van der Waals surface area contributed by atoms with E-state index >= 15 is 0 Å². The van der Waals surface area contributed by atoms with E-state index in [-0.39, 0.29) is 11.3 Å². The highest BCUT2D eigenvalue weighted by atomic mass is 35.5. The van der Waals surface area contributed by atoms with E-state index in [1.165, 1.54) is 11.1 Å². The molecule has 0 aromatic carbocycles. The molecule has 0 spiro atoms. The lowest BCUT2D eigenvalue weighted by molar-refractivity contribution is 0.894. The number of hydrogen-bond donors (Lipinski definition) is 2. The molecular weight excluding hydrogens is 244 g/mol. The third kappa shape index (κ3) is 2.43. The van der Waals surface area contributed by atoms with Crippen LogP contribution < -0.4 is 11.1 Å². The van der Waals surface area contributed by atoms with Crippen LogP contribution >= 0.6 is 22.9 Å². The first-order valence-electron chi connectivity index (χ1n) is 4.75. The van der Waals surface area contributed by atoms with Crippen molar-refractivity contribution < 1.29 is 0 Å². The van der Waals surface area contributed by atoms with E-state index in [2.05, 4.69) is 21.4 Å². The number of anilines is 2. The van der Waals surface area contributed by atoms with E-state index in [4.69, 9.17) is 17.3 Å². The van der Waals surface area contributed by atoms with E-state index in [9.17, 15) is 0 Å². The zero-order valence-electron chi connectivity index (χ0n) is 8.64. The lowest BCUT2D eigenvalue weighted by Gasteiger charge is -2.14. The van der Waals surface area contributed by atoms with Gasteiger partial charge in [-0.15, -0.1) is 11.3 Å². The summed E-state index contributed by atoms with van der Waals surface area (Å²) >= 11 is 7.39. The molecule has 0 saturated carbocycles. The molecule has 0 aliphatic heterocycles. The summed E-state index contributed by atoms with van der Waals surface area (Å²) in [6, 6.07) is 4.21. The first-order chi connectivity index (χ1) is 7.66. The van der Waals surface area contributed by atoms with Crippen molar-refractivity contribution in [3.8, 4) is 0 Å². The maximum absolute atomic E-state index is 5.75. The van der Waals surface area contributed by atoms with Gasteiger partial charge in [-0.25, -0.2) is 4.98 Å². The second kappa shape index (κ2) is 4.67. The standard InChI is InChI=1S/C10H11ClN4S/c1-6(8-3-2-4-16-8)14-9-7(12)5-13-10(11)15-9/h2-6H,12H2,1H3,(H,13,14,15). The highest BCUT2D eigenvalue weighted by Crippen LogP contribution is 2.25. The van der Waals surface area contributed by atoms with Crippen molar-refractivity contribution in [1.82, 2.24) is 9.97 Å². The van der Waals surface area contributed by atoms with Gasteiger partial charge in [-0.05, 0) is 30.0 Å². The largest absolute Gasteiger partial charge is 0.394 e. The summed E-state index contributed by atoms with van der Waals surface area (Å²) in [5.41, 5.74) is 6.24. The van der Waals surface area contributed by atoms with Crippen molar-refractivity contribution in [1.29, 1.82) is 0 Å². The van der Waals surface area contributed by atoms with Crippen LogP contribution in [0.5, 0.6) is 0 Å². The molecule has 2 rings (SSSR count). The second-order valence-corrected chi connectivity index (χ2v) is 4.64. The Morgan fingerprint density at radius 3 is 3.06 bits per heavy atom. The number of nitrogens with zero attached hydrogens (tertiary/aromatic N) is 2. The van der Waals surface area contributed by atoms with Crippen molar-refractivity contribution in [2.24, 2.45) is 0 Å². The van der Waals surface area contributed by atoms with Gasteiger partial charge in [-0.2, -0.15) is 4.98 Å². The molecule has 0 radical (unpaired) electrons. The van der Waals surface area contributed by atoms with E-state index in [1.807, 2.05) is 18.4 Å². The molecule has 2 aromatic rings. The summed E-state index contributed by atoms with van der Waals surface area (Å²) < 4.78 is 0. The Labute approximate surface area is 102 Å². The molecule has 0 saturated heterocycles. The number of rotatable bonds is 3. The van der Waals surface area contributed by atoms with E-state index < -0.39 is 0 Å². The molecule has 3 N–H and O–H groups in total. The lowest BCUT2D eigenvalue weighted by Crippen LogP contribution is -2.09. The first-order valence-corrected chi connectivity index (χ1v) is 6.00. The molecule has 0 aliphatic carbocycles. The maximum atomic E-state index is 5.75. The van der Waals surface area contributed by atoms with Gasteiger partial charge in [0.15, 0.2) is 5.82 Å². The van der Waals surface area contributed by atoms with Crippen molar-refractivity contribution in [2.75, 3.05) is 11.1 Å². The Morgan fingerprint density at radius 2 is 2.38 bits per heavy atom. The van der Waals surface area contributed by atoms with Crippen LogP contribution in [0.25, 0.3) is 0 Å². The Morgan fingerprint density at radius 1 is 1.56 bits per heavy atom. The molecule has 1 unspecified atom stereocenters. The minimum absolute atomic E-state index is 0.147. The van der Waals surface area contributed by atoms with Crippen molar-refractivity contribution in [3.63, 3.8) is 0 Å². The minimum atomic E-state index is 0.147. The topological polar surface area (TPSA) is 63.8 Å². The number of aromatic nitrogens is 2. The summed E-state index contributed by atoms with van der Waals surface area (Å²) in [6.07, 6.45) is 1.50. The third-order valence-corrected chi connectivity index (χ3v) is 3.35. The predicted molar refractivity (Wildman–Crippen MR) is 67.8 cm³/mol. The van der Waals surface area contributed by atoms with Gasteiger partial charge in [0.1, 0.15) is 0 Å². The fraction of sp³-hybridized carbons (Fsp3) is 0.200. The van der Waals surface area contributed by atoms with Crippen molar-refractivity contribution >= 4 is 34.4 Å². The number of nitrogens with two attached hydrogens (primary N) is 1. The predicted octanol–water partition coefficient (Wildman–Crippen LogP) is 2.95. The molecular formula is C10H11ClN4S. The molecule has 2 aromatic heterocycles. The minimum Gasteiger partial charge on any atom is -0.394 e. The average molecular weight is 255 g/mol. The van der Waals surface area contributed by atoms with Crippen LogP contribution in [-0.4, -0.2) is 9.97 Å². The highest BCUT2D eigenvalue weighted by Gasteiger charge is 2.09. The zero-order chi connectivity index (χ0) is 11.5. The SMILES string of the molecule is CC(Nc1nc(Cl)ncc1N)c1cccs1. The molecule has 0 fully saturated rings. The Bertz CT molecular complexity index is 472. The van der Waals surface area contributed by atoms with Crippen LogP contribution in [0, 0.1) is 0 Å². The van der Waals surface area contributed by atoms with Crippen LogP contribution in [0.3, 0.4) is 0 Å². The average Bonchev–Trinajstić information content (AvgIpc) is 2.76. The molecule has 1 atom stereocenters. The van der Waals surface area contributed by atoms with Gasteiger partial charge in [0.2, 0.25) is 5.28 Å². The van der Waals surface area contributed by atoms with Gasteiger partial charge in [-0.1, -0.05) is 6.07 Å². The molecule has 6 heteroatoms. The number of hydrogen-bond acceptors (Lipinski definition) is 5. The first kappa shape index (κ1) is 11.2. The van der Waals surface area contributed by atoms with Crippen LogP contribution in [-0.2, 0) is 0 Å². The quantitative estimate of drug-likeness (QED) is 0.827. The maximum Gasteiger partial charge on any atom is 0.224 e. The molecule has 0 aliphatic rings. The fourth-order valence-corrected chi connectivity index (χ4v) is 2.17. The fourth-order valence-electron chi connectivity index (χ4n) is 1.30. The molecule has 2 heterocycles. The summed E-state index contributed by atoms with van der Waals surface area (Å²) in [6.45, 7) is 2.04. The van der Waals surface area contributed by atoms with Gasteiger partial charge in [0.05, 0.1) is 17.9 Å². The van der Waals surface area contributed by atoms with Crippen LogP contribution in [0.4, 0.5) is 11.5 Å². The van der Waals surface area contributed by atoms with Crippen molar-refractivity contribution in [3.05, 3.63) is 33.9 Å². The van der Waals surface area contributed by atoms with Gasteiger partial charge in [0, 0.05) is 4.88 Å². The summed E-state index contributed by atoms with van der Waals surface area (Å²) in [7, 11) is 0. The van der Waals surface area contributed by atoms with Gasteiger partial charge in [0.25, 0.3) is 0 Å². The summed E-state index contributed by atoms with van der Waals surface area (Å²) in [4.78, 5) is 9.06. The van der Waals surface area contributed by atoms with Gasteiger partial charge >= 0.3 is 0 Å². The molecule has 0 amide bonds.